The Labute approximate surface area is 110 Å². The normalized spacial score (nSPS) is 12.4. The Morgan fingerprint density at radius 3 is 2.53 bits per heavy atom. The minimum Gasteiger partial charge on any atom is -0.319 e. The van der Waals surface area contributed by atoms with Gasteiger partial charge < -0.3 is 5.73 Å². The van der Waals surface area contributed by atoms with E-state index in [9.17, 15) is 0 Å². The summed E-state index contributed by atoms with van der Waals surface area (Å²) in [5, 5.41) is 0. The van der Waals surface area contributed by atoms with Crippen molar-refractivity contribution in [1.82, 2.24) is 4.98 Å². The minimum absolute atomic E-state index is 0.184. The summed E-state index contributed by atoms with van der Waals surface area (Å²) in [5.41, 5.74) is 9.49. The van der Waals surface area contributed by atoms with Gasteiger partial charge in [-0.15, -0.1) is 0 Å². The molecule has 1 heterocycles. The molecule has 0 spiro atoms. The molecule has 17 heavy (non-hydrogen) atoms. The lowest BCUT2D eigenvalue weighted by atomic mass is 10.0. The highest BCUT2D eigenvalue weighted by atomic mass is 79.9. The van der Waals surface area contributed by atoms with Gasteiger partial charge in [0.25, 0.3) is 0 Å². The molecule has 0 aliphatic heterocycles. The fraction of sp³-hybridized carbons (Fsp3) is 0.214. The number of nitrogens with two attached hydrogens (primary N) is 1. The van der Waals surface area contributed by atoms with E-state index < -0.39 is 0 Å². The SMILES string of the molecule is CCc1ccc(C(N)c2ncccc2Br)cc1. The van der Waals surface area contributed by atoms with Crippen molar-refractivity contribution >= 4 is 15.9 Å². The molecule has 0 saturated carbocycles. The number of pyridine rings is 1. The summed E-state index contributed by atoms with van der Waals surface area (Å²) in [6.45, 7) is 2.14. The number of benzene rings is 1. The lowest BCUT2D eigenvalue weighted by Crippen LogP contribution is -2.14. The first-order chi connectivity index (χ1) is 8.22. The highest BCUT2D eigenvalue weighted by Gasteiger charge is 2.12. The van der Waals surface area contributed by atoms with E-state index >= 15 is 0 Å². The van der Waals surface area contributed by atoms with Crippen molar-refractivity contribution in [3.63, 3.8) is 0 Å². The van der Waals surface area contributed by atoms with Crippen LogP contribution >= 0.6 is 15.9 Å². The standard InChI is InChI=1S/C14H15BrN2/c1-2-10-5-7-11(8-6-10)13(16)14-12(15)4-3-9-17-14/h3-9,13H,2,16H2,1H3. The van der Waals surface area contributed by atoms with E-state index in [2.05, 4.69) is 52.1 Å². The molecule has 1 aromatic carbocycles. The first-order valence-corrected chi connectivity index (χ1v) is 6.46. The molecule has 1 atom stereocenters. The predicted octanol–water partition coefficient (Wildman–Crippen LogP) is 3.45. The van der Waals surface area contributed by atoms with Crippen LogP contribution in [0, 0.1) is 0 Å². The molecule has 2 rings (SSSR count). The van der Waals surface area contributed by atoms with Crippen molar-refractivity contribution in [3.05, 3.63) is 63.9 Å². The Balaban J connectivity index is 2.30. The fourth-order valence-corrected chi connectivity index (χ4v) is 2.25. The highest BCUT2D eigenvalue weighted by Crippen LogP contribution is 2.24. The molecule has 2 nitrogen and oxygen atoms in total. The van der Waals surface area contributed by atoms with E-state index in [1.165, 1.54) is 5.56 Å². The van der Waals surface area contributed by atoms with Gasteiger partial charge in [0.1, 0.15) is 0 Å². The molecule has 0 aliphatic rings. The van der Waals surface area contributed by atoms with Gasteiger partial charge in [-0.25, -0.2) is 0 Å². The summed E-state index contributed by atoms with van der Waals surface area (Å²) in [5.74, 6) is 0. The van der Waals surface area contributed by atoms with E-state index in [1.807, 2.05) is 12.1 Å². The maximum absolute atomic E-state index is 6.22. The van der Waals surface area contributed by atoms with E-state index in [1.54, 1.807) is 6.20 Å². The Bertz CT molecular complexity index is 494. The Morgan fingerprint density at radius 2 is 1.94 bits per heavy atom. The molecule has 0 bridgehead atoms. The Morgan fingerprint density at radius 1 is 1.24 bits per heavy atom. The maximum Gasteiger partial charge on any atom is 0.0758 e. The van der Waals surface area contributed by atoms with Crippen molar-refractivity contribution in [1.29, 1.82) is 0 Å². The van der Waals surface area contributed by atoms with Gasteiger partial charge in [-0.2, -0.15) is 0 Å². The van der Waals surface area contributed by atoms with Gasteiger partial charge in [0, 0.05) is 10.7 Å². The zero-order valence-electron chi connectivity index (χ0n) is 9.73. The van der Waals surface area contributed by atoms with Crippen LogP contribution in [0.1, 0.15) is 29.8 Å². The largest absolute Gasteiger partial charge is 0.319 e. The molecule has 2 N–H and O–H groups in total. The van der Waals surface area contributed by atoms with E-state index in [0.29, 0.717) is 0 Å². The summed E-state index contributed by atoms with van der Waals surface area (Å²) >= 11 is 3.48. The molecule has 0 fully saturated rings. The van der Waals surface area contributed by atoms with Gasteiger partial charge in [0.15, 0.2) is 0 Å². The molecule has 0 radical (unpaired) electrons. The monoisotopic (exact) mass is 290 g/mol. The minimum atomic E-state index is -0.184. The van der Waals surface area contributed by atoms with Gasteiger partial charge in [0.2, 0.25) is 0 Å². The van der Waals surface area contributed by atoms with Gasteiger partial charge in [-0.1, -0.05) is 31.2 Å². The molecule has 1 aromatic heterocycles. The lowest BCUT2D eigenvalue weighted by Gasteiger charge is -2.13. The fourth-order valence-electron chi connectivity index (χ4n) is 1.75. The number of rotatable bonds is 3. The Hall–Kier alpha value is -1.19. The molecular formula is C14H15BrN2. The third-order valence-electron chi connectivity index (χ3n) is 2.83. The predicted molar refractivity (Wildman–Crippen MR) is 73.8 cm³/mol. The topological polar surface area (TPSA) is 38.9 Å². The van der Waals surface area contributed by atoms with Crippen LogP contribution in [0.3, 0.4) is 0 Å². The molecule has 2 aromatic rings. The van der Waals surface area contributed by atoms with Crippen LogP contribution in [0.5, 0.6) is 0 Å². The number of hydrogen-bond acceptors (Lipinski definition) is 2. The first-order valence-electron chi connectivity index (χ1n) is 5.67. The highest BCUT2D eigenvalue weighted by molar-refractivity contribution is 9.10. The van der Waals surface area contributed by atoms with Crippen molar-refractivity contribution in [3.8, 4) is 0 Å². The van der Waals surface area contributed by atoms with Crippen LogP contribution in [-0.2, 0) is 6.42 Å². The van der Waals surface area contributed by atoms with Crippen LogP contribution in [0.25, 0.3) is 0 Å². The van der Waals surface area contributed by atoms with Gasteiger partial charge in [-0.05, 0) is 45.6 Å². The summed E-state index contributed by atoms with van der Waals surface area (Å²) in [6.07, 6.45) is 2.81. The van der Waals surface area contributed by atoms with Gasteiger partial charge in [-0.3, -0.25) is 4.98 Å². The molecule has 3 heteroatoms. The molecule has 1 unspecified atom stereocenters. The Kier molecular flexibility index (Phi) is 3.92. The van der Waals surface area contributed by atoms with Crippen LogP contribution in [-0.4, -0.2) is 4.98 Å². The number of hydrogen-bond donors (Lipinski definition) is 1. The second-order valence-corrected chi connectivity index (χ2v) is 4.80. The number of halogens is 1. The quantitative estimate of drug-likeness (QED) is 0.940. The third-order valence-corrected chi connectivity index (χ3v) is 3.50. The van der Waals surface area contributed by atoms with Crippen molar-refractivity contribution < 1.29 is 0 Å². The lowest BCUT2D eigenvalue weighted by molar-refractivity contribution is 0.821. The summed E-state index contributed by atoms with van der Waals surface area (Å²) in [4.78, 5) is 4.33. The molecule has 0 saturated heterocycles. The molecule has 0 aliphatic carbocycles. The average Bonchev–Trinajstić information content (AvgIpc) is 2.39. The zero-order valence-corrected chi connectivity index (χ0v) is 11.3. The van der Waals surface area contributed by atoms with Gasteiger partial charge >= 0.3 is 0 Å². The van der Waals surface area contributed by atoms with Crippen LogP contribution in [0.4, 0.5) is 0 Å². The average molecular weight is 291 g/mol. The van der Waals surface area contributed by atoms with Crippen LogP contribution < -0.4 is 5.73 Å². The zero-order chi connectivity index (χ0) is 12.3. The van der Waals surface area contributed by atoms with Crippen LogP contribution in [0.2, 0.25) is 0 Å². The first kappa shape index (κ1) is 12.3. The van der Waals surface area contributed by atoms with Crippen molar-refractivity contribution in [2.45, 2.75) is 19.4 Å². The third kappa shape index (κ3) is 2.73. The van der Waals surface area contributed by atoms with Gasteiger partial charge in [0.05, 0.1) is 11.7 Å². The smallest absolute Gasteiger partial charge is 0.0758 e. The molecular weight excluding hydrogens is 276 g/mol. The van der Waals surface area contributed by atoms with Crippen molar-refractivity contribution in [2.24, 2.45) is 5.73 Å². The second-order valence-electron chi connectivity index (χ2n) is 3.94. The summed E-state index contributed by atoms with van der Waals surface area (Å²) in [6, 6.07) is 12.0. The van der Waals surface area contributed by atoms with E-state index in [0.717, 1.165) is 22.2 Å². The molecule has 0 amide bonds. The second kappa shape index (κ2) is 5.43. The number of nitrogens with zero attached hydrogens (tertiary/aromatic N) is 1. The number of aryl methyl sites for hydroxylation is 1. The molecule has 88 valence electrons. The van der Waals surface area contributed by atoms with Crippen LogP contribution in [0.15, 0.2) is 47.1 Å². The summed E-state index contributed by atoms with van der Waals surface area (Å²) < 4.78 is 0.951. The van der Waals surface area contributed by atoms with E-state index in [4.69, 9.17) is 5.73 Å². The van der Waals surface area contributed by atoms with E-state index in [-0.39, 0.29) is 6.04 Å². The van der Waals surface area contributed by atoms with Crippen molar-refractivity contribution in [2.75, 3.05) is 0 Å². The maximum atomic E-state index is 6.22. The summed E-state index contributed by atoms with van der Waals surface area (Å²) in [7, 11) is 0. The number of aromatic nitrogens is 1.